The Balaban J connectivity index is 1.71. The highest BCUT2D eigenvalue weighted by molar-refractivity contribution is 5.95. The van der Waals surface area contributed by atoms with Crippen LogP contribution in [-0.4, -0.2) is 29.4 Å². The van der Waals surface area contributed by atoms with Crippen LogP contribution in [0.15, 0.2) is 42.7 Å². The monoisotopic (exact) mass is 514 g/mol. The van der Waals surface area contributed by atoms with Crippen LogP contribution in [0.25, 0.3) is 0 Å². The highest BCUT2D eigenvalue weighted by Crippen LogP contribution is 2.46. The summed E-state index contributed by atoms with van der Waals surface area (Å²) in [6.45, 7) is 9.75. The quantitative estimate of drug-likeness (QED) is 0.429. The van der Waals surface area contributed by atoms with Gasteiger partial charge in [-0.3, -0.25) is 14.6 Å². The van der Waals surface area contributed by atoms with Crippen LogP contribution < -0.4 is 16.4 Å². The summed E-state index contributed by atoms with van der Waals surface area (Å²) < 4.78 is 27.7. The number of aromatic nitrogens is 1. The average molecular weight is 515 g/mol. The molecule has 2 amide bonds. The lowest BCUT2D eigenvalue weighted by Gasteiger charge is -2.44. The van der Waals surface area contributed by atoms with Gasteiger partial charge >= 0.3 is 0 Å². The Bertz CT molecular complexity index is 1090. The zero-order valence-electron chi connectivity index (χ0n) is 22.5. The van der Waals surface area contributed by atoms with Gasteiger partial charge in [-0.15, -0.1) is 0 Å². The van der Waals surface area contributed by atoms with Crippen molar-refractivity contribution < 1.29 is 18.4 Å². The molecule has 4 N–H and O–H groups in total. The van der Waals surface area contributed by atoms with Gasteiger partial charge in [0, 0.05) is 47.7 Å². The number of amides is 2. The first-order valence-corrected chi connectivity index (χ1v) is 13.0. The second kappa shape index (κ2) is 11.7. The minimum atomic E-state index is -1.21. The van der Waals surface area contributed by atoms with Crippen LogP contribution in [0.4, 0.5) is 14.5 Å². The van der Waals surface area contributed by atoms with Crippen molar-refractivity contribution in [2.75, 3.05) is 11.9 Å². The van der Waals surface area contributed by atoms with Gasteiger partial charge in [-0.05, 0) is 75.5 Å². The van der Waals surface area contributed by atoms with E-state index in [9.17, 15) is 18.4 Å². The molecule has 0 spiro atoms. The Morgan fingerprint density at radius 3 is 2.46 bits per heavy atom. The molecular formula is C29H40F2N4O2. The van der Waals surface area contributed by atoms with E-state index < -0.39 is 22.5 Å². The van der Waals surface area contributed by atoms with Gasteiger partial charge in [-0.2, -0.15) is 0 Å². The predicted octanol–water partition coefficient (Wildman–Crippen LogP) is 5.19. The van der Waals surface area contributed by atoms with Crippen molar-refractivity contribution in [3.63, 3.8) is 0 Å². The Labute approximate surface area is 218 Å². The number of rotatable bonds is 9. The lowest BCUT2D eigenvalue weighted by atomic mass is 9.63. The molecule has 0 bridgehead atoms. The second-order valence-electron chi connectivity index (χ2n) is 11.8. The molecule has 202 valence electrons. The zero-order valence-corrected chi connectivity index (χ0v) is 22.5. The Morgan fingerprint density at radius 1 is 1.16 bits per heavy atom. The molecule has 4 atom stereocenters. The topological polar surface area (TPSA) is 97.1 Å². The average Bonchev–Trinajstić information content (AvgIpc) is 2.81. The van der Waals surface area contributed by atoms with Gasteiger partial charge in [0.15, 0.2) is 0 Å². The van der Waals surface area contributed by atoms with E-state index in [1.807, 2.05) is 6.92 Å². The van der Waals surface area contributed by atoms with E-state index >= 15 is 0 Å². The van der Waals surface area contributed by atoms with Crippen molar-refractivity contribution in [3.05, 3.63) is 59.9 Å². The third-order valence-corrected chi connectivity index (χ3v) is 7.66. The Hall–Kier alpha value is -2.87. The fourth-order valence-electron chi connectivity index (χ4n) is 5.69. The molecule has 1 aromatic heterocycles. The summed E-state index contributed by atoms with van der Waals surface area (Å²) in [5.41, 5.74) is 5.63. The maximum Gasteiger partial charge on any atom is 0.230 e. The fraction of sp³-hybridized carbons (Fsp3) is 0.552. The van der Waals surface area contributed by atoms with Gasteiger partial charge in [0.2, 0.25) is 11.8 Å². The van der Waals surface area contributed by atoms with Gasteiger partial charge in [0.1, 0.15) is 11.6 Å². The number of hydrogen-bond donors (Lipinski definition) is 3. The van der Waals surface area contributed by atoms with E-state index in [1.54, 1.807) is 38.4 Å². The summed E-state index contributed by atoms with van der Waals surface area (Å²) in [5.74, 6) is -1.04. The SMILES string of the molecule is CC(C)CC1CC(C(N)CNC(=O)C(C)(C)c2ccc(F)cc2F)CC(C)(C(=O)Nc2ccncc2)C1. The third-order valence-electron chi connectivity index (χ3n) is 7.66. The molecule has 1 saturated carbocycles. The van der Waals surface area contributed by atoms with Gasteiger partial charge in [0.05, 0.1) is 5.41 Å². The summed E-state index contributed by atoms with van der Waals surface area (Å²) in [4.78, 5) is 30.4. The highest BCUT2D eigenvalue weighted by atomic mass is 19.1. The largest absolute Gasteiger partial charge is 0.354 e. The van der Waals surface area contributed by atoms with Gasteiger partial charge < -0.3 is 16.4 Å². The minimum absolute atomic E-state index is 0.0247. The highest BCUT2D eigenvalue weighted by Gasteiger charge is 2.44. The smallest absolute Gasteiger partial charge is 0.230 e. The molecule has 37 heavy (non-hydrogen) atoms. The summed E-state index contributed by atoms with van der Waals surface area (Å²) in [5, 5.41) is 5.91. The number of hydrogen-bond acceptors (Lipinski definition) is 4. The minimum Gasteiger partial charge on any atom is -0.354 e. The number of benzene rings is 1. The number of nitrogens with two attached hydrogens (primary N) is 1. The number of pyridine rings is 1. The van der Waals surface area contributed by atoms with Crippen molar-refractivity contribution in [1.29, 1.82) is 0 Å². The molecular weight excluding hydrogens is 474 g/mol. The zero-order chi connectivity index (χ0) is 27.4. The van der Waals surface area contributed by atoms with Crippen molar-refractivity contribution in [1.82, 2.24) is 10.3 Å². The molecule has 1 aliphatic rings. The van der Waals surface area contributed by atoms with E-state index in [-0.39, 0.29) is 35.9 Å². The van der Waals surface area contributed by atoms with Crippen molar-refractivity contribution in [2.45, 2.75) is 71.8 Å². The number of halogens is 2. The van der Waals surface area contributed by atoms with Gasteiger partial charge in [0.25, 0.3) is 0 Å². The molecule has 4 unspecified atom stereocenters. The number of nitrogens with one attached hydrogen (secondary N) is 2. The molecule has 1 fully saturated rings. The second-order valence-corrected chi connectivity index (χ2v) is 11.8. The number of carbonyl (C=O) groups is 2. The lowest BCUT2D eigenvalue weighted by molar-refractivity contribution is -0.129. The van der Waals surface area contributed by atoms with Crippen LogP contribution in [0.2, 0.25) is 0 Å². The van der Waals surface area contributed by atoms with Crippen LogP contribution in [0, 0.1) is 34.8 Å². The van der Waals surface area contributed by atoms with Crippen molar-refractivity contribution in [2.24, 2.45) is 28.9 Å². The summed E-state index contributed by atoms with van der Waals surface area (Å²) >= 11 is 0. The first-order valence-electron chi connectivity index (χ1n) is 13.0. The molecule has 2 aromatic rings. The van der Waals surface area contributed by atoms with Crippen LogP contribution in [-0.2, 0) is 15.0 Å². The molecule has 6 nitrogen and oxygen atoms in total. The van der Waals surface area contributed by atoms with Gasteiger partial charge in [-0.25, -0.2) is 8.78 Å². The fourth-order valence-corrected chi connectivity index (χ4v) is 5.69. The normalized spacial score (nSPS) is 22.9. The molecule has 1 heterocycles. The molecule has 1 aliphatic carbocycles. The summed E-state index contributed by atoms with van der Waals surface area (Å²) in [6, 6.07) is 6.38. The van der Waals surface area contributed by atoms with Crippen LogP contribution in [0.3, 0.4) is 0 Å². The van der Waals surface area contributed by atoms with E-state index in [1.165, 1.54) is 6.07 Å². The maximum atomic E-state index is 14.4. The first-order chi connectivity index (χ1) is 17.3. The van der Waals surface area contributed by atoms with Crippen molar-refractivity contribution >= 4 is 17.5 Å². The van der Waals surface area contributed by atoms with Crippen LogP contribution in [0.5, 0.6) is 0 Å². The summed E-state index contributed by atoms with van der Waals surface area (Å²) in [7, 11) is 0. The van der Waals surface area contributed by atoms with E-state index in [0.717, 1.165) is 31.4 Å². The molecule has 1 aromatic carbocycles. The number of anilines is 1. The van der Waals surface area contributed by atoms with Crippen molar-refractivity contribution in [3.8, 4) is 0 Å². The third kappa shape index (κ3) is 7.12. The number of carbonyl (C=O) groups excluding carboxylic acids is 2. The van der Waals surface area contributed by atoms with Crippen LogP contribution in [0.1, 0.15) is 65.9 Å². The van der Waals surface area contributed by atoms with E-state index in [2.05, 4.69) is 29.5 Å². The van der Waals surface area contributed by atoms with E-state index in [4.69, 9.17) is 5.73 Å². The first kappa shape index (κ1) is 28.7. The summed E-state index contributed by atoms with van der Waals surface area (Å²) in [6.07, 6.45) is 6.52. The van der Waals surface area contributed by atoms with Crippen LogP contribution >= 0.6 is 0 Å². The Morgan fingerprint density at radius 2 is 1.84 bits per heavy atom. The Kier molecular flexibility index (Phi) is 9.05. The standard InChI is InChI=1S/C29H40F2N4O2/c1-18(2)12-19-13-20(16-29(5,15-19)27(37)35-22-8-10-33-11-9-22)25(32)17-34-26(36)28(3,4)23-7-6-21(30)14-24(23)31/h6-11,14,18-20,25H,12-13,15-17,32H2,1-5H3,(H,34,36)(H,33,35,37). The van der Waals surface area contributed by atoms with Gasteiger partial charge in [-0.1, -0.05) is 26.8 Å². The molecule has 0 saturated heterocycles. The molecule has 0 radical (unpaired) electrons. The number of nitrogens with zero attached hydrogens (tertiary/aromatic N) is 1. The van der Waals surface area contributed by atoms with E-state index in [0.29, 0.717) is 23.9 Å². The maximum absolute atomic E-state index is 14.4. The molecule has 3 rings (SSSR count). The molecule has 0 aliphatic heterocycles. The predicted molar refractivity (Wildman–Crippen MR) is 142 cm³/mol. The lowest BCUT2D eigenvalue weighted by Crippen LogP contribution is -2.51. The molecule has 8 heteroatoms.